The molecule has 1 aromatic rings. The van der Waals surface area contributed by atoms with Crippen molar-refractivity contribution >= 4 is 0 Å². The largest absolute Gasteiger partial charge is 0.476 e. The molecule has 70 valence electrons. The summed E-state index contributed by atoms with van der Waals surface area (Å²) in [6, 6.07) is 2.04. The zero-order chi connectivity index (χ0) is 9.84. The molecule has 2 N–H and O–H groups in total. The fourth-order valence-corrected chi connectivity index (χ4v) is 1.09. The van der Waals surface area contributed by atoms with Gasteiger partial charge in [-0.25, -0.2) is 4.68 Å². The number of aryl methyl sites for hydroxylation is 2. The van der Waals surface area contributed by atoms with Gasteiger partial charge >= 0.3 is 0 Å². The Morgan fingerprint density at radius 3 is 2.92 bits per heavy atom. The van der Waals surface area contributed by atoms with Crippen molar-refractivity contribution in [2.75, 3.05) is 13.2 Å². The van der Waals surface area contributed by atoms with E-state index in [0.29, 0.717) is 30.3 Å². The average molecular weight is 180 g/mol. The molecular weight excluding hydrogens is 168 g/mol. The van der Waals surface area contributed by atoms with Crippen molar-refractivity contribution < 1.29 is 4.74 Å². The Labute approximate surface area is 76.7 Å². The third-order valence-corrected chi connectivity index (χ3v) is 1.64. The maximum atomic E-state index is 8.80. The third-order valence-electron chi connectivity index (χ3n) is 1.64. The second-order valence-corrected chi connectivity index (χ2v) is 2.64. The van der Waals surface area contributed by atoms with E-state index in [9.17, 15) is 0 Å². The normalized spacial score (nSPS) is 9.69. The lowest BCUT2D eigenvalue weighted by molar-refractivity contribution is 0.298. The van der Waals surface area contributed by atoms with Crippen LogP contribution in [0.3, 0.4) is 0 Å². The molecule has 1 rings (SSSR count). The van der Waals surface area contributed by atoms with Crippen LogP contribution >= 0.6 is 0 Å². The van der Waals surface area contributed by atoms with Gasteiger partial charge in [0.2, 0.25) is 5.88 Å². The van der Waals surface area contributed by atoms with E-state index < -0.39 is 0 Å². The van der Waals surface area contributed by atoms with Crippen molar-refractivity contribution in [3.05, 3.63) is 11.3 Å². The highest BCUT2D eigenvalue weighted by Gasteiger charge is 2.13. The van der Waals surface area contributed by atoms with E-state index in [0.717, 1.165) is 0 Å². The second-order valence-electron chi connectivity index (χ2n) is 2.64. The monoisotopic (exact) mass is 180 g/mol. The molecule has 0 spiro atoms. The molecule has 1 aromatic heterocycles. The third kappa shape index (κ3) is 1.79. The molecule has 0 fully saturated rings. The number of nitriles is 1. The second kappa shape index (κ2) is 3.92. The summed E-state index contributed by atoms with van der Waals surface area (Å²) >= 11 is 0. The predicted molar refractivity (Wildman–Crippen MR) is 47.2 cm³/mol. The van der Waals surface area contributed by atoms with E-state index in [4.69, 9.17) is 15.7 Å². The lowest BCUT2D eigenvalue weighted by Gasteiger charge is -2.03. The Hall–Kier alpha value is -1.54. The van der Waals surface area contributed by atoms with Crippen molar-refractivity contribution in [3.8, 4) is 11.9 Å². The molecule has 0 aliphatic carbocycles. The molecule has 0 radical (unpaired) electrons. The molecule has 0 aliphatic heterocycles. The van der Waals surface area contributed by atoms with E-state index in [2.05, 4.69) is 5.10 Å². The first kappa shape index (κ1) is 9.55. The standard InChI is InChI=1S/C8H12N4O/c1-6-7(5-10)8(12(2)11-6)13-4-3-9/h3-4,9H2,1-2H3. The quantitative estimate of drug-likeness (QED) is 0.706. The molecule has 0 saturated heterocycles. The lowest BCUT2D eigenvalue weighted by Crippen LogP contribution is -2.12. The molecule has 0 unspecified atom stereocenters. The molecule has 5 heteroatoms. The summed E-state index contributed by atoms with van der Waals surface area (Å²) in [6.07, 6.45) is 0. The highest BCUT2D eigenvalue weighted by molar-refractivity contribution is 5.41. The zero-order valence-electron chi connectivity index (χ0n) is 7.74. The van der Waals surface area contributed by atoms with Crippen LogP contribution in [-0.2, 0) is 7.05 Å². The van der Waals surface area contributed by atoms with Gasteiger partial charge in [-0.3, -0.25) is 0 Å². The van der Waals surface area contributed by atoms with Crippen molar-refractivity contribution in [1.82, 2.24) is 9.78 Å². The molecule has 0 aliphatic rings. The number of rotatable bonds is 3. The van der Waals surface area contributed by atoms with Crippen molar-refractivity contribution in [2.45, 2.75) is 6.92 Å². The number of nitrogens with two attached hydrogens (primary N) is 1. The van der Waals surface area contributed by atoms with Gasteiger partial charge in [0, 0.05) is 13.6 Å². The minimum absolute atomic E-state index is 0.396. The van der Waals surface area contributed by atoms with Crippen LogP contribution in [0.2, 0.25) is 0 Å². The Bertz CT molecular complexity index is 337. The summed E-state index contributed by atoms with van der Waals surface area (Å²) in [5.41, 5.74) is 6.45. The first-order valence-electron chi connectivity index (χ1n) is 3.97. The van der Waals surface area contributed by atoms with Gasteiger partial charge in [0.1, 0.15) is 18.2 Å². The Morgan fingerprint density at radius 2 is 2.38 bits per heavy atom. The van der Waals surface area contributed by atoms with Crippen LogP contribution in [0.25, 0.3) is 0 Å². The van der Waals surface area contributed by atoms with Crippen LogP contribution < -0.4 is 10.5 Å². The van der Waals surface area contributed by atoms with Crippen molar-refractivity contribution in [1.29, 1.82) is 5.26 Å². The summed E-state index contributed by atoms with van der Waals surface area (Å²) in [7, 11) is 1.74. The lowest BCUT2D eigenvalue weighted by atomic mass is 10.3. The molecule has 5 nitrogen and oxygen atoms in total. The molecule has 0 bridgehead atoms. The van der Waals surface area contributed by atoms with E-state index in [1.54, 1.807) is 18.7 Å². The molecule has 0 atom stereocenters. The van der Waals surface area contributed by atoms with E-state index in [1.807, 2.05) is 6.07 Å². The number of aromatic nitrogens is 2. The molecule has 1 heterocycles. The summed E-state index contributed by atoms with van der Waals surface area (Å²) in [5.74, 6) is 0.491. The van der Waals surface area contributed by atoms with Gasteiger partial charge in [-0.15, -0.1) is 0 Å². The summed E-state index contributed by atoms with van der Waals surface area (Å²) in [6.45, 7) is 2.59. The van der Waals surface area contributed by atoms with Gasteiger partial charge < -0.3 is 10.5 Å². The molecule has 0 aromatic carbocycles. The number of ether oxygens (including phenoxy) is 1. The Morgan fingerprint density at radius 1 is 1.69 bits per heavy atom. The van der Waals surface area contributed by atoms with Gasteiger partial charge in [0.25, 0.3) is 0 Å². The van der Waals surface area contributed by atoms with E-state index in [1.165, 1.54) is 0 Å². The van der Waals surface area contributed by atoms with Crippen molar-refractivity contribution in [2.24, 2.45) is 12.8 Å². The molecular formula is C8H12N4O. The number of nitrogens with zero attached hydrogens (tertiary/aromatic N) is 3. The fourth-order valence-electron chi connectivity index (χ4n) is 1.09. The smallest absolute Gasteiger partial charge is 0.230 e. The Kier molecular flexibility index (Phi) is 2.88. The zero-order valence-corrected chi connectivity index (χ0v) is 7.74. The predicted octanol–water partition coefficient (Wildman–Crippen LogP) is -0.0623. The van der Waals surface area contributed by atoms with Crippen molar-refractivity contribution in [3.63, 3.8) is 0 Å². The first-order valence-corrected chi connectivity index (χ1v) is 3.97. The van der Waals surface area contributed by atoms with Crippen LogP contribution in [0.15, 0.2) is 0 Å². The van der Waals surface area contributed by atoms with Crippen LogP contribution in [0, 0.1) is 18.3 Å². The fraction of sp³-hybridized carbons (Fsp3) is 0.500. The maximum absolute atomic E-state index is 8.80. The first-order chi connectivity index (χ1) is 6.20. The van der Waals surface area contributed by atoms with Gasteiger partial charge in [0.15, 0.2) is 0 Å². The SMILES string of the molecule is Cc1nn(C)c(OCCN)c1C#N. The highest BCUT2D eigenvalue weighted by Crippen LogP contribution is 2.19. The average Bonchev–Trinajstić information content (AvgIpc) is 2.37. The summed E-state index contributed by atoms with van der Waals surface area (Å²) in [5, 5.41) is 12.9. The number of hydrogen-bond acceptors (Lipinski definition) is 4. The molecule has 13 heavy (non-hydrogen) atoms. The number of hydrogen-bond donors (Lipinski definition) is 1. The summed E-state index contributed by atoms with van der Waals surface area (Å²) < 4.78 is 6.83. The Balaban J connectivity index is 2.97. The summed E-state index contributed by atoms with van der Waals surface area (Å²) in [4.78, 5) is 0. The van der Waals surface area contributed by atoms with Gasteiger partial charge in [0.05, 0.1) is 5.69 Å². The van der Waals surface area contributed by atoms with Gasteiger partial charge in [-0.1, -0.05) is 0 Å². The van der Waals surface area contributed by atoms with E-state index in [-0.39, 0.29) is 0 Å². The topological polar surface area (TPSA) is 76.9 Å². The van der Waals surface area contributed by atoms with Crippen LogP contribution in [0.1, 0.15) is 11.3 Å². The van der Waals surface area contributed by atoms with E-state index >= 15 is 0 Å². The minimum Gasteiger partial charge on any atom is -0.476 e. The van der Waals surface area contributed by atoms with Crippen LogP contribution in [-0.4, -0.2) is 22.9 Å². The minimum atomic E-state index is 0.396. The van der Waals surface area contributed by atoms with Gasteiger partial charge in [-0.2, -0.15) is 10.4 Å². The van der Waals surface area contributed by atoms with Crippen LogP contribution in [0.4, 0.5) is 0 Å². The molecule has 0 saturated carbocycles. The molecule has 0 amide bonds. The highest BCUT2D eigenvalue weighted by atomic mass is 16.5. The van der Waals surface area contributed by atoms with Gasteiger partial charge in [-0.05, 0) is 6.92 Å². The maximum Gasteiger partial charge on any atom is 0.230 e. The van der Waals surface area contributed by atoms with Crippen LogP contribution in [0.5, 0.6) is 5.88 Å².